The number of allylic oxidation sites excluding steroid dienone is 6. The smallest absolute Gasteiger partial charge is 0.00950 e. The van der Waals surface area contributed by atoms with E-state index in [1.165, 1.54) is 11.1 Å². The molecule has 0 aromatic heterocycles. The van der Waals surface area contributed by atoms with Crippen LogP contribution in [0, 0.1) is 0 Å². The third-order valence-electron chi connectivity index (χ3n) is 1.52. The highest BCUT2D eigenvalue weighted by Gasteiger charge is 1.93. The molecule has 0 heteroatoms. The average Bonchev–Trinajstić information content (AvgIpc) is 1.90. The molecule has 0 radical (unpaired) electrons. The Kier molecular flexibility index (Phi) is 1.88. The summed E-state index contributed by atoms with van der Waals surface area (Å²) in [6, 6.07) is 0. The molecule has 0 amide bonds. The molecule has 0 fully saturated rings. The SMILES string of the molecule is CC(C)=C1C=CC=CC1. The first-order valence-electron chi connectivity index (χ1n) is 3.30. The van der Waals surface area contributed by atoms with Crippen molar-refractivity contribution in [3.05, 3.63) is 35.5 Å². The van der Waals surface area contributed by atoms with Gasteiger partial charge in [0, 0.05) is 0 Å². The zero-order chi connectivity index (χ0) is 6.69. The lowest BCUT2D eigenvalue weighted by Gasteiger charge is -2.02. The number of rotatable bonds is 0. The molecule has 0 aliphatic heterocycles. The van der Waals surface area contributed by atoms with Crippen LogP contribution in [-0.2, 0) is 0 Å². The van der Waals surface area contributed by atoms with Gasteiger partial charge in [-0.15, -0.1) is 0 Å². The highest BCUT2D eigenvalue weighted by molar-refractivity contribution is 5.32. The molecule has 1 aliphatic carbocycles. The maximum atomic E-state index is 2.18. The van der Waals surface area contributed by atoms with E-state index in [1.807, 2.05) is 0 Å². The van der Waals surface area contributed by atoms with Crippen molar-refractivity contribution in [3.63, 3.8) is 0 Å². The Morgan fingerprint density at radius 3 is 2.44 bits per heavy atom. The van der Waals surface area contributed by atoms with Gasteiger partial charge in [0.25, 0.3) is 0 Å². The zero-order valence-corrected chi connectivity index (χ0v) is 6.02. The molecule has 0 N–H and O–H groups in total. The molecule has 9 heavy (non-hydrogen) atoms. The van der Waals surface area contributed by atoms with Gasteiger partial charge in [0.2, 0.25) is 0 Å². The molecule has 1 rings (SSSR count). The molecule has 0 unspecified atom stereocenters. The van der Waals surface area contributed by atoms with Crippen LogP contribution in [-0.4, -0.2) is 0 Å². The Hall–Kier alpha value is -0.780. The van der Waals surface area contributed by atoms with Crippen molar-refractivity contribution in [2.24, 2.45) is 0 Å². The number of hydrogen-bond acceptors (Lipinski definition) is 0. The molecule has 0 nitrogen and oxygen atoms in total. The van der Waals surface area contributed by atoms with Gasteiger partial charge in [-0.25, -0.2) is 0 Å². The molecule has 0 saturated carbocycles. The summed E-state index contributed by atoms with van der Waals surface area (Å²) in [4.78, 5) is 0. The summed E-state index contributed by atoms with van der Waals surface area (Å²) in [5.74, 6) is 0. The molecule has 0 aromatic carbocycles. The van der Waals surface area contributed by atoms with Crippen molar-refractivity contribution < 1.29 is 0 Å². The van der Waals surface area contributed by atoms with E-state index >= 15 is 0 Å². The van der Waals surface area contributed by atoms with E-state index in [0.29, 0.717) is 0 Å². The summed E-state index contributed by atoms with van der Waals surface area (Å²) in [6.07, 6.45) is 9.65. The lowest BCUT2D eigenvalue weighted by molar-refractivity contribution is 1.18. The molecule has 0 spiro atoms. The van der Waals surface area contributed by atoms with Crippen LogP contribution in [0.25, 0.3) is 0 Å². The topological polar surface area (TPSA) is 0 Å². The first kappa shape index (κ1) is 6.34. The van der Waals surface area contributed by atoms with Crippen molar-refractivity contribution in [1.29, 1.82) is 0 Å². The van der Waals surface area contributed by atoms with Crippen molar-refractivity contribution in [2.45, 2.75) is 20.3 Å². The maximum Gasteiger partial charge on any atom is -0.00950 e. The summed E-state index contributed by atoms with van der Waals surface area (Å²) in [6.45, 7) is 4.30. The molecule has 1 aliphatic rings. The van der Waals surface area contributed by atoms with Gasteiger partial charge in [-0.2, -0.15) is 0 Å². The summed E-state index contributed by atoms with van der Waals surface area (Å²) in [5.41, 5.74) is 2.88. The Balaban J connectivity index is 2.78. The van der Waals surface area contributed by atoms with Crippen LogP contribution in [0.1, 0.15) is 20.3 Å². The van der Waals surface area contributed by atoms with Gasteiger partial charge in [0.1, 0.15) is 0 Å². The molecule has 0 heterocycles. The second-order valence-corrected chi connectivity index (χ2v) is 2.52. The molecular weight excluding hydrogens is 108 g/mol. The highest BCUT2D eigenvalue weighted by atomic mass is 14.0. The van der Waals surface area contributed by atoms with Crippen LogP contribution in [0.4, 0.5) is 0 Å². The molecule has 0 aromatic rings. The van der Waals surface area contributed by atoms with Gasteiger partial charge in [0.15, 0.2) is 0 Å². The van der Waals surface area contributed by atoms with Gasteiger partial charge < -0.3 is 0 Å². The minimum Gasteiger partial charge on any atom is -0.0801 e. The normalized spacial score (nSPS) is 16.4. The van der Waals surface area contributed by atoms with Crippen molar-refractivity contribution in [1.82, 2.24) is 0 Å². The summed E-state index contributed by atoms with van der Waals surface area (Å²) in [7, 11) is 0. The molecule has 0 atom stereocenters. The molecular formula is C9H12. The van der Waals surface area contributed by atoms with E-state index in [9.17, 15) is 0 Å². The Morgan fingerprint density at radius 1 is 1.33 bits per heavy atom. The van der Waals surface area contributed by atoms with E-state index in [2.05, 4.69) is 38.2 Å². The van der Waals surface area contributed by atoms with E-state index in [-0.39, 0.29) is 0 Å². The van der Waals surface area contributed by atoms with Crippen LogP contribution in [0.5, 0.6) is 0 Å². The lowest BCUT2D eigenvalue weighted by Crippen LogP contribution is -1.82. The Morgan fingerprint density at radius 2 is 2.11 bits per heavy atom. The van der Waals surface area contributed by atoms with Crippen LogP contribution >= 0.6 is 0 Å². The predicted molar refractivity (Wildman–Crippen MR) is 41.3 cm³/mol. The summed E-state index contributed by atoms with van der Waals surface area (Å²) < 4.78 is 0. The van der Waals surface area contributed by atoms with E-state index in [4.69, 9.17) is 0 Å². The Labute approximate surface area is 56.6 Å². The zero-order valence-electron chi connectivity index (χ0n) is 6.02. The van der Waals surface area contributed by atoms with Crippen molar-refractivity contribution in [2.75, 3.05) is 0 Å². The summed E-state index contributed by atoms with van der Waals surface area (Å²) in [5, 5.41) is 0. The van der Waals surface area contributed by atoms with Gasteiger partial charge in [-0.1, -0.05) is 29.9 Å². The van der Waals surface area contributed by atoms with Gasteiger partial charge >= 0.3 is 0 Å². The minimum absolute atomic E-state index is 1.11. The molecule has 0 bridgehead atoms. The van der Waals surface area contributed by atoms with E-state index in [1.54, 1.807) is 0 Å². The fourth-order valence-corrected chi connectivity index (χ4v) is 0.884. The second kappa shape index (κ2) is 2.67. The Bertz CT molecular complexity index is 176. The second-order valence-electron chi connectivity index (χ2n) is 2.52. The van der Waals surface area contributed by atoms with Crippen molar-refractivity contribution in [3.8, 4) is 0 Å². The maximum absolute atomic E-state index is 2.18. The highest BCUT2D eigenvalue weighted by Crippen LogP contribution is 2.13. The monoisotopic (exact) mass is 120 g/mol. The lowest BCUT2D eigenvalue weighted by atomic mass is 10.0. The first-order chi connectivity index (χ1) is 4.30. The minimum atomic E-state index is 1.11. The summed E-state index contributed by atoms with van der Waals surface area (Å²) >= 11 is 0. The molecule has 48 valence electrons. The molecule has 0 saturated heterocycles. The van der Waals surface area contributed by atoms with Gasteiger partial charge in [0.05, 0.1) is 0 Å². The first-order valence-corrected chi connectivity index (χ1v) is 3.30. The van der Waals surface area contributed by atoms with E-state index in [0.717, 1.165) is 6.42 Å². The van der Waals surface area contributed by atoms with Crippen molar-refractivity contribution >= 4 is 0 Å². The van der Waals surface area contributed by atoms with Crippen LogP contribution in [0.3, 0.4) is 0 Å². The standard InChI is InChI=1S/C9H12/c1-8(2)9-6-4-3-5-7-9/h3-6H,7H2,1-2H3. The van der Waals surface area contributed by atoms with Gasteiger partial charge in [-0.05, 0) is 25.8 Å². The van der Waals surface area contributed by atoms with E-state index < -0.39 is 0 Å². The van der Waals surface area contributed by atoms with Crippen LogP contribution < -0.4 is 0 Å². The largest absolute Gasteiger partial charge is 0.0801 e. The third kappa shape index (κ3) is 1.56. The fourth-order valence-electron chi connectivity index (χ4n) is 0.884. The quantitative estimate of drug-likeness (QED) is 0.461. The average molecular weight is 120 g/mol. The van der Waals surface area contributed by atoms with Gasteiger partial charge in [-0.3, -0.25) is 0 Å². The third-order valence-corrected chi connectivity index (χ3v) is 1.52. The van der Waals surface area contributed by atoms with Crippen LogP contribution in [0.2, 0.25) is 0 Å². The fraction of sp³-hybridized carbons (Fsp3) is 0.333. The number of hydrogen-bond donors (Lipinski definition) is 0. The predicted octanol–water partition coefficient (Wildman–Crippen LogP) is 2.84. The van der Waals surface area contributed by atoms with Crippen LogP contribution in [0.15, 0.2) is 35.5 Å².